The quantitative estimate of drug-likeness (QED) is 0.764. The van der Waals surface area contributed by atoms with Crippen LogP contribution in [-0.4, -0.2) is 23.0 Å². The average molecular weight is 334 g/mol. The van der Waals surface area contributed by atoms with E-state index in [1.165, 1.54) is 17.7 Å². The van der Waals surface area contributed by atoms with Crippen molar-refractivity contribution in [2.24, 2.45) is 0 Å². The van der Waals surface area contributed by atoms with Gasteiger partial charge in [-0.15, -0.1) is 24.8 Å². The molecule has 0 unspecified atom stereocenters. The highest BCUT2D eigenvalue weighted by molar-refractivity contribution is 6.36. The third kappa shape index (κ3) is 3.20. The van der Waals surface area contributed by atoms with Gasteiger partial charge in [0.15, 0.2) is 0 Å². The fraction of sp³-hybridized carbons (Fsp3) is 0.400. The standard InChI is InChI=1S/C15H17ClN2.2ClH/c1-2-18-9-5-8-14-12(10-18)15(16)11-6-3-4-7-13(11)17-14;;/h3-4,6-7H,2,5,8-10H2,1H3;2*1H. The molecule has 2 heterocycles. The van der Waals surface area contributed by atoms with Gasteiger partial charge in [-0.3, -0.25) is 9.88 Å². The van der Waals surface area contributed by atoms with E-state index >= 15 is 0 Å². The molecule has 0 atom stereocenters. The molecule has 2 aromatic rings. The minimum Gasteiger partial charge on any atom is -0.299 e. The van der Waals surface area contributed by atoms with Crippen LogP contribution in [0.2, 0.25) is 5.02 Å². The van der Waals surface area contributed by atoms with Crippen LogP contribution in [0.5, 0.6) is 0 Å². The lowest BCUT2D eigenvalue weighted by molar-refractivity contribution is 0.285. The first-order valence-corrected chi connectivity index (χ1v) is 6.95. The maximum Gasteiger partial charge on any atom is 0.0720 e. The van der Waals surface area contributed by atoms with Crippen LogP contribution in [0.15, 0.2) is 24.3 Å². The number of nitrogens with zero attached hydrogens (tertiary/aromatic N) is 2. The van der Waals surface area contributed by atoms with Crippen molar-refractivity contribution in [2.45, 2.75) is 26.3 Å². The molecule has 2 nitrogen and oxygen atoms in total. The van der Waals surface area contributed by atoms with Crippen molar-refractivity contribution < 1.29 is 0 Å². The number of hydrogen-bond donors (Lipinski definition) is 0. The fourth-order valence-electron chi connectivity index (χ4n) is 2.67. The molecule has 0 saturated carbocycles. The Morgan fingerprint density at radius 1 is 1.25 bits per heavy atom. The summed E-state index contributed by atoms with van der Waals surface area (Å²) < 4.78 is 0. The molecule has 0 fully saturated rings. The summed E-state index contributed by atoms with van der Waals surface area (Å²) in [5.41, 5.74) is 3.44. The van der Waals surface area contributed by atoms with Gasteiger partial charge >= 0.3 is 0 Å². The molecule has 0 N–H and O–H groups in total. The fourth-order valence-corrected chi connectivity index (χ4v) is 3.00. The van der Waals surface area contributed by atoms with E-state index < -0.39 is 0 Å². The number of aryl methyl sites for hydroxylation is 1. The van der Waals surface area contributed by atoms with Gasteiger partial charge in [0.2, 0.25) is 0 Å². The van der Waals surface area contributed by atoms with E-state index in [-0.39, 0.29) is 24.8 Å². The van der Waals surface area contributed by atoms with E-state index in [1.807, 2.05) is 18.2 Å². The Bertz CT molecular complexity index is 587. The maximum atomic E-state index is 6.59. The molecule has 1 aromatic heterocycles. The lowest BCUT2D eigenvalue weighted by atomic mass is 10.1. The highest BCUT2D eigenvalue weighted by Crippen LogP contribution is 2.31. The molecular formula is C15H19Cl3N2. The molecule has 0 bridgehead atoms. The Kier molecular flexibility index (Phi) is 6.53. The van der Waals surface area contributed by atoms with Gasteiger partial charge in [-0.2, -0.15) is 0 Å². The number of aromatic nitrogens is 1. The van der Waals surface area contributed by atoms with E-state index in [9.17, 15) is 0 Å². The van der Waals surface area contributed by atoms with Crippen molar-refractivity contribution in [3.63, 3.8) is 0 Å². The molecule has 0 aliphatic carbocycles. The predicted molar refractivity (Wildman–Crippen MR) is 90.5 cm³/mol. The van der Waals surface area contributed by atoms with Crippen molar-refractivity contribution in [3.8, 4) is 0 Å². The molecule has 3 rings (SSSR count). The summed E-state index contributed by atoms with van der Waals surface area (Å²) in [7, 11) is 0. The monoisotopic (exact) mass is 332 g/mol. The first-order valence-electron chi connectivity index (χ1n) is 6.58. The largest absolute Gasteiger partial charge is 0.299 e. The van der Waals surface area contributed by atoms with Gasteiger partial charge in [-0.05, 0) is 32.0 Å². The van der Waals surface area contributed by atoms with Crippen molar-refractivity contribution in [1.82, 2.24) is 9.88 Å². The summed E-state index contributed by atoms with van der Waals surface area (Å²) in [6, 6.07) is 8.15. The smallest absolute Gasteiger partial charge is 0.0720 e. The summed E-state index contributed by atoms with van der Waals surface area (Å²) in [6.07, 6.45) is 2.21. The van der Waals surface area contributed by atoms with Crippen LogP contribution in [-0.2, 0) is 13.0 Å². The lowest BCUT2D eigenvalue weighted by Crippen LogP contribution is -2.22. The van der Waals surface area contributed by atoms with Crippen LogP contribution in [0.1, 0.15) is 24.6 Å². The molecule has 20 heavy (non-hydrogen) atoms. The molecule has 1 aromatic carbocycles. The van der Waals surface area contributed by atoms with E-state index in [2.05, 4.69) is 17.9 Å². The molecule has 110 valence electrons. The van der Waals surface area contributed by atoms with Gasteiger partial charge in [0.1, 0.15) is 0 Å². The number of fused-ring (bicyclic) bond motifs is 2. The summed E-state index contributed by atoms with van der Waals surface area (Å²) in [5, 5.41) is 1.98. The Morgan fingerprint density at radius 3 is 2.75 bits per heavy atom. The lowest BCUT2D eigenvalue weighted by Gasteiger charge is -2.18. The Morgan fingerprint density at radius 2 is 2.00 bits per heavy atom. The average Bonchev–Trinajstić information content (AvgIpc) is 2.61. The molecule has 0 saturated heterocycles. The number of hydrogen-bond acceptors (Lipinski definition) is 2. The first kappa shape index (κ1) is 17.5. The molecule has 0 amide bonds. The molecule has 1 aliphatic heterocycles. The van der Waals surface area contributed by atoms with Gasteiger partial charge in [-0.1, -0.05) is 36.7 Å². The third-order valence-corrected chi connectivity index (χ3v) is 4.16. The van der Waals surface area contributed by atoms with Crippen LogP contribution in [0, 0.1) is 0 Å². The second-order valence-corrected chi connectivity index (χ2v) is 5.22. The van der Waals surface area contributed by atoms with Crippen molar-refractivity contribution in [2.75, 3.05) is 13.1 Å². The van der Waals surface area contributed by atoms with E-state index in [0.717, 1.165) is 42.0 Å². The second-order valence-electron chi connectivity index (χ2n) is 4.84. The summed E-state index contributed by atoms with van der Waals surface area (Å²) in [5.74, 6) is 0. The summed E-state index contributed by atoms with van der Waals surface area (Å²) >= 11 is 6.59. The van der Waals surface area contributed by atoms with E-state index in [1.54, 1.807) is 0 Å². The minimum atomic E-state index is 0. The minimum absolute atomic E-state index is 0. The highest BCUT2D eigenvalue weighted by Gasteiger charge is 2.18. The van der Waals surface area contributed by atoms with Gasteiger partial charge in [0.25, 0.3) is 0 Å². The third-order valence-electron chi connectivity index (χ3n) is 3.73. The van der Waals surface area contributed by atoms with Crippen LogP contribution >= 0.6 is 36.4 Å². The number of pyridine rings is 1. The van der Waals surface area contributed by atoms with Crippen molar-refractivity contribution in [3.05, 3.63) is 40.5 Å². The molecule has 0 radical (unpaired) electrons. The topological polar surface area (TPSA) is 16.1 Å². The predicted octanol–water partition coefficient (Wildman–Crippen LogP) is 4.50. The zero-order valence-corrected chi connectivity index (χ0v) is 13.8. The van der Waals surface area contributed by atoms with Crippen LogP contribution in [0.3, 0.4) is 0 Å². The van der Waals surface area contributed by atoms with Gasteiger partial charge in [0.05, 0.1) is 10.5 Å². The molecule has 0 spiro atoms. The van der Waals surface area contributed by atoms with E-state index in [4.69, 9.17) is 16.6 Å². The van der Waals surface area contributed by atoms with Gasteiger partial charge < -0.3 is 0 Å². The number of benzene rings is 1. The van der Waals surface area contributed by atoms with Crippen LogP contribution in [0.25, 0.3) is 10.9 Å². The van der Waals surface area contributed by atoms with Crippen LogP contribution < -0.4 is 0 Å². The van der Waals surface area contributed by atoms with E-state index in [0.29, 0.717) is 0 Å². The van der Waals surface area contributed by atoms with Crippen molar-refractivity contribution >= 4 is 47.3 Å². The zero-order chi connectivity index (χ0) is 12.5. The summed E-state index contributed by atoms with van der Waals surface area (Å²) in [6.45, 7) is 5.35. The van der Waals surface area contributed by atoms with Crippen LogP contribution in [0.4, 0.5) is 0 Å². The summed E-state index contributed by atoms with van der Waals surface area (Å²) in [4.78, 5) is 7.23. The molecule has 1 aliphatic rings. The molecular weight excluding hydrogens is 315 g/mol. The van der Waals surface area contributed by atoms with Crippen molar-refractivity contribution in [1.29, 1.82) is 0 Å². The second kappa shape index (κ2) is 7.46. The Balaban J connectivity index is 0.000001000. The van der Waals surface area contributed by atoms with Gasteiger partial charge in [-0.25, -0.2) is 0 Å². The Labute approximate surface area is 137 Å². The maximum absolute atomic E-state index is 6.59. The number of rotatable bonds is 1. The number of para-hydroxylation sites is 1. The molecule has 5 heteroatoms. The first-order chi connectivity index (χ1) is 8.79. The SMILES string of the molecule is CCN1CCCc2nc3ccccc3c(Cl)c2C1.Cl.Cl. The number of halogens is 3. The Hall–Kier alpha value is -0.540. The normalized spacial score (nSPS) is 14.9. The zero-order valence-electron chi connectivity index (χ0n) is 11.4. The highest BCUT2D eigenvalue weighted by atomic mass is 35.5. The van der Waals surface area contributed by atoms with Gasteiger partial charge in [0, 0.05) is 23.2 Å².